The van der Waals surface area contributed by atoms with Crippen LogP contribution in [0.5, 0.6) is 17.2 Å². The Balaban J connectivity index is 2.26. The number of H-pyrrole nitrogens is 1. The first-order valence-electron chi connectivity index (χ1n) is 4.65. The Kier molecular flexibility index (Phi) is 3.16. The Labute approximate surface area is 97.9 Å². The van der Waals surface area contributed by atoms with Gasteiger partial charge in [0.05, 0.1) is 13.3 Å². The molecule has 0 bridgehead atoms. The minimum absolute atomic E-state index is 0.423. The molecule has 0 unspecified atom stereocenters. The van der Waals surface area contributed by atoms with Crippen molar-refractivity contribution >= 4 is 12.2 Å². The predicted octanol–water partition coefficient (Wildman–Crippen LogP) is 2.94. The maximum atomic E-state index is 5.59. The first kappa shape index (κ1) is 10.6. The van der Waals surface area contributed by atoms with Gasteiger partial charge in [0, 0.05) is 6.20 Å². The quantitative estimate of drug-likeness (QED) is 0.829. The second-order valence-electron chi connectivity index (χ2n) is 3.01. The van der Waals surface area contributed by atoms with Crippen molar-refractivity contribution in [2.45, 2.75) is 0 Å². The van der Waals surface area contributed by atoms with Gasteiger partial charge >= 0.3 is 0 Å². The zero-order valence-electron chi connectivity index (χ0n) is 8.64. The molecule has 0 aliphatic rings. The van der Waals surface area contributed by atoms with E-state index in [-0.39, 0.29) is 0 Å². The summed E-state index contributed by atoms with van der Waals surface area (Å²) >= 11 is 4.84. The number of nitrogens with zero attached hydrogens (tertiary/aromatic N) is 1. The second kappa shape index (κ2) is 4.76. The fraction of sp³-hybridized carbons (Fsp3) is 0.0909. The zero-order valence-corrected chi connectivity index (χ0v) is 9.45. The van der Waals surface area contributed by atoms with Crippen molar-refractivity contribution in [3.63, 3.8) is 0 Å². The maximum absolute atomic E-state index is 5.59. The summed E-state index contributed by atoms with van der Waals surface area (Å²) in [4.78, 5) is 6.72. The molecule has 0 spiro atoms. The summed E-state index contributed by atoms with van der Waals surface area (Å²) in [5, 5.41) is 0. The first-order chi connectivity index (χ1) is 7.79. The Bertz CT molecular complexity index is 519. The third-order valence-corrected chi connectivity index (χ3v) is 2.17. The summed E-state index contributed by atoms with van der Waals surface area (Å²) in [6.07, 6.45) is 3.22. The van der Waals surface area contributed by atoms with Crippen molar-refractivity contribution in [1.82, 2.24) is 9.97 Å². The molecule has 1 heterocycles. The van der Waals surface area contributed by atoms with Crippen LogP contribution in [0.1, 0.15) is 0 Å². The summed E-state index contributed by atoms with van der Waals surface area (Å²) in [7, 11) is 1.60. The number of para-hydroxylation sites is 2. The van der Waals surface area contributed by atoms with Crippen LogP contribution >= 0.6 is 12.2 Å². The van der Waals surface area contributed by atoms with E-state index < -0.39 is 0 Å². The molecule has 4 nitrogen and oxygen atoms in total. The molecule has 82 valence electrons. The summed E-state index contributed by atoms with van der Waals surface area (Å²) < 4.78 is 11.2. The Morgan fingerprint density at radius 3 is 2.62 bits per heavy atom. The predicted molar refractivity (Wildman–Crippen MR) is 62.5 cm³/mol. The number of hydrogen-bond donors (Lipinski definition) is 1. The molecule has 0 amide bonds. The highest BCUT2D eigenvalue weighted by molar-refractivity contribution is 7.71. The molecule has 1 N–H and O–H groups in total. The van der Waals surface area contributed by atoms with Crippen LogP contribution in [0.3, 0.4) is 0 Å². The van der Waals surface area contributed by atoms with Crippen LogP contribution in [-0.2, 0) is 0 Å². The van der Waals surface area contributed by atoms with Crippen LogP contribution in [0.4, 0.5) is 0 Å². The first-order valence-corrected chi connectivity index (χ1v) is 5.06. The van der Waals surface area contributed by atoms with Gasteiger partial charge in [0.2, 0.25) is 0 Å². The van der Waals surface area contributed by atoms with E-state index in [1.54, 1.807) is 19.5 Å². The maximum Gasteiger partial charge on any atom is 0.196 e. The Morgan fingerprint density at radius 2 is 2.00 bits per heavy atom. The van der Waals surface area contributed by atoms with Crippen molar-refractivity contribution in [2.24, 2.45) is 0 Å². The van der Waals surface area contributed by atoms with E-state index in [2.05, 4.69) is 9.97 Å². The number of aromatic amines is 1. The van der Waals surface area contributed by atoms with Crippen LogP contribution in [0.2, 0.25) is 0 Å². The fourth-order valence-electron chi connectivity index (χ4n) is 1.22. The standard InChI is InChI=1S/C11H10N2O2S/c1-14-9-4-2-3-5-10(9)15-8-6-12-11(16)13-7-8/h2-7H,1H3,(H,12,13,16). The summed E-state index contributed by atoms with van der Waals surface area (Å²) in [6, 6.07) is 7.40. The van der Waals surface area contributed by atoms with E-state index >= 15 is 0 Å². The van der Waals surface area contributed by atoms with E-state index in [4.69, 9.17) is 21.7 Å². The minimum atomic E-state index is 0.423. The van der Waals surface area contributed by atoms with Gasteiger partial charge in [-0.05, 0) is 24.4 Å². The van der Waals surface area contributed by atoms with Gasteiger partial charge in [-0.1, -0.05) is 12.1 Å². The molecule has 0 fully saturated rings. The molecule has 2 rings (SSSR count). The van der Waals surface area contributed by atoms with E-state index in [1.165, 1.54) is 0 Å². The van der Waals surface area contributed by atoms with Crippen LogP contribution < -0.4 is 9.47 Å². The van der Waals surface area contributed by atoms with E-state index in [0.29, 0.717) is 22.0 Å². The average molecular weight is 234 g/mol. The van der Waals surface area contributed by atoms with E-state index in [9.17, 15) is 0 Å². The smallest absolute Gasteiger partial charge is 0.196 e. The number of hydrogen-bond acceptors (Lipinski definition) is 4. The Hall–Kier alpha value is -1.88. The topological polar surface area (TPSA) is 47.1 Å². The molecular formula is C11H10N2O2S. The molecule has 5 heteroatoms. The lowest BCUT2D eigenvalue weighted by Gasteiger charge is -2.08. The lowest BCUT2D eigenvalue weighted by Crippen LogP contribution is -1.91. The van der Waals surface area contributed by atoms with Gasteiger partial charge in [-0.2, -0.15) is 0 Å². The third kappa shape index (κ3) is 2.38. The lowest BCUT2D eigenvalue weighted by molar-refractivity contribution is 0.378. The molecule has 2 aromatic rings. The number of aromatic nitrogens is 2. The summed E-state index contributed by atoms with van der Waals surface area (Å²) in [5.41, 5.74) is 0. The normalized spacial score (nSPS) is 9.81. The molecule has 1 aromatic heterocycles. The van der Waals surface area contributed by atoms with E-state index in [0.717, 1.165) is 0 Å². The van der Waals surface area contributed by atoms with Crippen LogP contribution in [0, 0.1) is 4.77 Å². The van der Waals surface area contributed by atoms with Crippen molar-refractivity contribution in [3.8, 4) is 17.2 Å². The number of methoxy groups -OCH3 is 1. The molecule has 0 aliphatic carbocycles. The van der Waals surface area contributed by atoms with Crippen molar-refractivity contribution in [2.75, 3.05) is 7.11 Å². The van der Waals surface area contributed by atoms with Crippen molar-refractivity contribution < 1.29 is 9.47 Å². The van der Waals surface area contributed by atoms with Gasteiger partial charge in [0.15, 0.2) is 22.0 Å². The van der Waals surface area contributed by atoms with Gasteiger partial charge in [0.25, 0.3) is 0 Å². The fourth-order valence-corrected chi connectivity index (χ4v) is 1.33. The molecule has 1 aromatic carbocycles. The van der Waals surface area contributed by atoms with Crippen LogP contribution in [0.15, 0.2) is 36.7 Å². The van der Waals surface area contributed by atoms with Crippen molar-refractivity contribution in [3.05, 3.63) is 41.4 Å². The summed E-state index contributed by atoms with van der Waals surface area (Å²) in [5.74, 6) is 1.89. The molecule has 0 radical (unpaired) electrons. The molecule has 0 aliphatic heterocycles. The van der Waals surface area contributed by atoms with Crippen molar-refractivity contribution in [1.29, 1.82) is 0 Å². The zero-order chi connectivity index (χ0) is 11.4. The number of rotatable bonds is 3. The third-order valence-electron chi connectivity index (χ3n) is 1.94. The largest absolute Gasteiger partial charge is 0.493 e. The van der Waals surface area contributed by atoms with Gasteiger partial charge < -0.3 is 14.5 Å². The molecule has 0 saturated heterocycles. The molecule has 0 atom stereocenters. The molecule has 16 heavy (non-hydrogen) atoms. The summed E-state index contributed by atoms with van der Waals surface area (Å²) in [6.45, 7) is 0. The van der Waals surface area contributed by atoms with Crippen LogP contribution in [0.25, 0.3) is 0 Å². The SMILES string of the molecule is COc1ccccc1Oc1cnc(=S)[nH]c1. The van der Waals surface area contributed by atoms with Gasteiger partial charge in [-0.25, -0.2) is 4.98 Å². The second-order valence-corrected chi connectivity index (χ2v) is 3.39. The molecular weight excluding hydrogens is 224 g/mol. The lowest BCUT2D eigenvalue weighted by atomic mass is 10.3. The monoisotopic (exact) mass is 234 g/mol. The highest BCUT2D eigenvalue weighted by Crippen LogP contribution is 2.29. The minimum Gasteiger partial charge on any atom is -0.493 e. The Morgan fingerprint density at radius 1 is 1.25 bits per heavy atom. The highest BCUT2D eigenvalue weighted by atomic mass is 32.1. The number of benzene rings is 1. The number of ether oxygens (including phenoxy) is 2. The van der Waals surface area contributed by atoms with Gasteiger partial charge in [0.1, 0.15) is 0 Å². The number of nitrogens with one attached hydrogen (secondary N) is 1. The highest BCUT2D eigenvalue weighted by Gasteiger charge is 2.03. The molecule has 0 saturated carbocycles. The van der Waals surface area contributed by atoms with Gasteiger partial charge in [-0.3, -0.25) is 0 Å². The van der Waals surface area contributed by atoms with Gasteiger partial charge in [-0.15, -0.1) is 0 Å². The van der Waals surface area contributed by atoms with Crippen LogP contribution in [-0.4, -0.2) is 17.1 Å². The van der Waals surface area contributed by atoms with E-state index in [1.807, 2.05) is 24.3 Å². The average Bonchev–Trinajstić information content (AvgIpc) is 2.33.